The van der Waals surface area contributed by atoms with Crippen LogP contribution in [-0.4, -0.2) is 19.0 Å². The second-order valence-electron chi connectivity index (χ2n) is 3.21. The summed E-state index contributed by atoms with van der Waals surface area (Å²) >= 11 is 5.80. The molecule has 0 aliphatic heterocycles. The molecule has 1 aromatic rings. The minimum absolute atomic E-state index is 0.0784. The van der Waals surface area contributed by atoms with Crippen molar-refractivity contribution in [3.05, 3.63) is 28.8 Å². The molecule has 0 aliphatic rings. The number of ketones is 1. The van der Waals surface area contributed by atoms with Gasteiger partial charge < -0.3 is 10.5 Å². The van der Waals surface area contributed by atoms with Gasteiger partial charge in [-0.15, -0.1) is 0 Å². The number of hydrogen-bond donors (Lipinski definition) is 1. The largest absolute Gasteiger partial charge is 0.398 e. The summed E-state index contributed by atoms with van der Waals surface area (Å²) in [6.45, 7) is 2.67. The van der Waals surface area contributed by atoms with Crippen molar-refractivity contribution >= 4 is 23.1 Å². The van der Waals surface area contributed by atoms with Gasteiger partial charge in [-0.2, -0.15) is 0 Å². The Morgan fingerprint density at radius 3 is 2.87 bits per heavy atom. The maximum absolute atomic E-state index is 11.6. The van der Waals surface area contributed by atoms with Crippen LogP contribution >= 0.6 is 11.6 Å². The van der Waals surface area contributed by atoms with E-state index in [2.05, 4.69) is 0 Å². The summed E-state index contributed by atoms with van der Waals surface area (Å²) in [5.74, 6) is -0.0784. The maximum atomic E-state index is 11.6. The van der Waals surface area contributed by atoms with Gasteiger partial charge in [0.2, 0.25) is 0 Å². The topological polar surface area (TPSA) is 52.3 Å². The van der Waals surface area contributed by atoms with Gasteiger partial charge in [-0.05, 0) is 24.6 Å². The van der Waals surface area contributed by atoms with Crippen LogP contribution in [0.15, 0.2) is 18.2 Å². The number of hydrogen-bond acceptors (Lipinski definition) is 3. The highest BCUT2D eigenvalue weighted by Gasteiger charge is 2.07. The van der Waals surface area contributed by atoms with Crippen molar-refractivity contribution < 1.29 is 9.53 Å². The molecule has 4 heteroatoms. The van der Waals surface area contributed by atoms with Crippen LogP contribution in [0.1, 0.15) is 23.7 Å². The highest BCUT2D eigenvalue weighted by atomic mass is 35.5. The van der Waals surface area contributed by atoms with E-state index in [1.807, 2.05) is 6.92 Å². The first kappa shape index (κ1) is 12.0. The fraction of sp³-hybridized carbons (Fsp3) is 0.364. The zero-order valence-electron chi connectivity index (χ0n) is 8.63. The van der Waals surface area contributed by atoms with Gasteiger partial charge in [-0.1, -0.05) is 18.5 Å². The van der Waals surface area contributed by atoms with E-state index in [0.29, 0.717) is 22.9 Å². The smallest absolute Gasteiger partial charge is 0.188 e. The van der Waals surface area contributed by atoms with Crippen molar-refractivity contribution in [2.45, 2.75) is 13.3 Å². The quantitative estimate of drug-likeness (QED) is 0.478. The van der Waals surface area contributed by atoms with E-state index < -0.39 is 0 Å². The monoisotopic (exact) mass is 227 g/mol. The molecule has 82 valence electrons. The van der Waals surface area contributed by atoms with E-state index in [0.717, 1.165) is 6.42 Å². The minimum atomic E-state index is -0.0784. The van der Waals surface area contributed by atoms with Crippen molar-refractivity contribution in [3.63, 3.8) is 0 Å². The van der Waals surface area contributed by atoms with Gasteiger partial charge in [0.1, 0.15) is 6.61 Å². The normalized spacial score (nSPS) is 10.3. The van der Waals surface area contributed by atoms with Gasteiger partial charge in [0.05, 0.1) is 10.7 Å². The number of carbonyl (C=O) groups is 1. The van der Waals surface area contributed by atoms with Gasteiger partial charge in [-0.25, -0.2) is 0 Å². The van der Waals surface area contributed by atoms with Crippen molar-refractivity contribution in [2.75, 3.05) is 18.9 Å². The first-order valence-electron chi connectivity index (χ1n) is 4.81. The Bertz CT molecular complexity index is 352. The predicted molar refractivity (Wildman–Crippen MR) is 61.3 cm³/mol. The number of rotatable bonds is 5. The van der Waals surface area contributed by atoms with Gasteiger partial charge >= 0.3 is 0 Å². The molecule has 1 rings (SSSR count). The molecule has 0 bridgehead atoms. The number of nitrogens with two attached hydrogens (primary N) is 1. The fourth-order valence-corrected chi connectivity index (χ4v) is 1.27. The Kier molecular flexibility index (Phi) is 4.59. The molecule has 15 heavy (non-hydrogen) atoms. The maximum Gasteiger partial charge on any atom is 0.188 e. The van der Waals surface area contributed by atoms with Crippen LogP contribution in [-0.2, 0) is 4.74 Å². The summed E-state index contributed by atoms with van der Waals surface area (Å²) in [6, 6.07) is 4.84. The molecule has 0 unspecified atom stereocenters. The lowest BCUT2D eigenvalue weighted by Gasteiger charge is -2.04. The van der Waals surface area contributed by atoms with E-state index in [1.54, 1.807) is 18.2 Å². The Morgan fingerprint density at radius 2 is 2.27 bits per heavy atom. The number of benzene rings is 1. The van der Waals surface area contributed by atoms with Crippen molar-refractivity contribution in [1.82, 2.24) is 0 Å². The van der Waals surface area contributed by atoms with Crippen molar-refractivity contribution in [2.24, 2.45) is 0 Å². The predicted octanol–water partition coefficient (Wildman–Crippen LogP) is 2.53. The van der Waals surface area contributed by atoms with Crippen LogP contribution in [0.4, 0.5) is 5.69 Å². The van der Waals surface area contributed by atoms with E-state index in [1.165, 1.54) is 0 Å². The minimum Gasteiger partial charge on any atom is -0.398 e. The van der Waals surface area contributed by atoms with E-state index >= 15 is 0 Å². The third-order valence-corrected chi connectivity index (χ3v) is 2.23. The lowest BCUT2D eigenvalue weighted by Crippen LogP contribution is -2.09. The number of halogens is 1. The molecule has 3 nitrogen and oxygen atoms in total. The number of nitrogen functional groups attached to an aromatic ring is 1. The molecule has 0 fully saturated rings. The van der Waals surface area contributed by atoms with E-state index in [-0.39, 0.29) is 12.4 Å². The molecule has 0 saturated carbocycles. The number of ether oxygens (including phenoxy) is 1. The van der Waals surface area contributed by atoms with E-state index in [9.17, 15) is 4.79 Å². The van der Waals surface area contributed by atoms with Crippen molar-refractivity contribution in [1.29, 1.82) is 0 Å². The summed E-state index contributed by atoms with van der Waals surface area (Å²) in [4.78, 5) is 11.6. The van der Waals surface area contributed by atoms with Gasteiger partial charge in [0.25, 0.3) is 0 Å². The third-order valence-electron chi connectivity index (χ3n) is 1.90. The number of carbonyl (C=O) groups excluding carboxylic acids is 1. The molecule has 2 N–H and O–H groups in total. The Balaban J connectivity index is 2.62. The van der Waals surface area contributed by atoms with Crippen LogP contribution < -0.4 is 5.73 Å². The molecule has 0 heterocycles. The highest BCUT2D eigenvalue weighted by Crippen LogP contribution is 2.19. The molecule has 0 saturated heterocycles. The van der Waals surface area contributed by atoms with Gasteiger partial charge in [0, 0.05) is 12.2 Å². The summed E-state index contributed by atoms with van der Waals surface area (Å²) in [5.41, 5.74) is 6.54. The summed E-state index contributed by atoms with van der Waals surface area (Å²) < 4.78 is 5.15. The van der Waals surface area contributed by atoms with Gasteiger partial charge in [-0.3, -0.25) is 4.79 Å². The van der Waals surface area contributed by atoms with Crippen LogP contribution in [0.5, 0.6) is 0 Å². The SMILES string of the molecule is CCCOCC(=O)c1ccc(N)c(Cl)c1. The second-order valence-corrected chi connectivity index (χ2v) is 3.62. The summed E-state index contributed by atoms with van der Waals surface area (Å²) in [6.07, 6.45) is 0.899. The standard InChI is InChI=1S/C11H14ClNO2/c1-2-5-15-7-11(14)8-3-4-10(13)9(12)6-8/h3-4,6H,2,5,7,13H2,1H3. The van der Waals surface area contributed by atoms with Crippen molar-refractivity contribution in [3.8, 4) is 0 Å². The Morgan fingerprint density at radius 1 is 1.53 bits per heavy atom. The molecule has 0 radical (unpaired) electrons. The van der Waals surface area contributed by atoms with Crippen LogP contribution in [0.25, 0.3) is 0 Å². The summed E-state index contributed by atoms with van der Waals surface area (Å²) in [7, 11) is 0. The second kappa shape index (κ2) is 5.73. The summed E-state index contributed by atoms with van der Waals surface area (Å²) in [5, 5.41) is 0.399. The molecule has 0 atom stereocenters. The first-order valence-corrected chi connectivity index (χ1v) is 5.19. The Labute approximate surface area is 94.2 Å². The molecule has 0 aromatic heterocycles. The zero-order valence-corrected chi connectivity index (χ0v) is 9.38. The number of Topliss-reactive ketones (excluding diaryl/α,β-unsaturated/α-hetero) is 1. The molecular weight excluding hydrogens is 214 g/mol. The highest BCUT2D eigenvalue weighted by molar-refractivity contribution is 6.33. The third kappa shape index (κ3) is 3.53. The van der Waals surface area contributed by atoms with Gasteiger partial charge in [0.15, 0.2) is 5.78 Å². The molecule has 0 aliphatic carbocycles. The lowest BCUT2D eigenvalue weighted by molar-refractivity contribution is 0.0761. The molecule has 1 aromatic carbocycles. The molecular formula is C11H14ClNO2. The Hall–Kier alpha value is -1.06. The van der Waals surface area contributed by atoms with Crippen LogP contribution in [0.3, 0.4) is 0 Å². The average Bonchev–Trinajstić information content (AvgIpc) is 2.22. The molecule has 0 amide bonds. The number of anilines is 1. The zero-order chi connectivity index (χ0) is 11.3. The van der Waals surface area contributed by atoms with E-state index in [4.69, 9.17) is 22.1 Å². The fourth-order valence-electron chi connectivity index (χ4n) is 1.09. The average molecular weight is 228 g/mol. The first-order chi connectivity index (χ1) is 7.15. The van der Waals surface area contributed by atoms with Crippen LogP contribution in [0, 0.1) is 0 Å². The molecule has 0 spiro atoms. The van der Waals surface area contributed by atoms with Crippen LogP contribution in [0.2, 0.25) is 5.02 Å². The lowest BCUT2D eigenvalue weighted by atomic mass is 10.1.